The lowest BCUT2D eigenvalue weighted by Crippen LogP contribution is -2.11. The maximum atomic E-state index is 11.7. The molecule has 0 aliphatic heterocycles. The van der Waals surface area contributed by atoms with E-state index in [4.69, 9.17) is 16.3 Å². The number of esters is 1. The van der Waals surface area contributed by atoms with E-state index in [0.29, 0.717) is 23.8 Å². The first-order chi connectivity index (χ1) is 8.76. The molecule has 0 radical (unpaired) electrons. The fourth-order valence-electron chi connectivity index (χ4n) is 1.55. The summed E-state index contributed by atoms with van der Waals surface area (Å²) in [5.74, 6) is 0.563. The summed E-state index contributed by atoms with van der Waals surface area (Å²) in [5.41, 5.74) is 1.08. The van der Waals surface area contributed by atoms with Crippen LogP contribution in [0.5, 0.6) is 0 Å². The molecule has 0 aromatic carbocycles. The number of ether oxygens (including phenoxy) is 1. The zero-order valence-corrected chi connectivity index (χ0v) is 10.6. The summed E-state index contributed by atoms with van der Waals surface area (Å²) in [4.78, 5) is 15.8. The second-order valence-electron chi connectivity index (χ2n) is 3.55. The summed E-state index contributed by atoms with van der Waals surface area (Å²) in [6.45, 7) is 0. The van der Waals surface area contributed by atoms with E-state index in [9.17, 15) is 4.79 Å². The molecule has 2 aromatic rings. The van der Waals surface area contributed by atoms with Crippen molar-refractivity contribution in [2.24, 2.45) is 0 Å². The summed E-state index contributed by atoms with van der Waals surface area (Å²) in [7, 11) is 1.33. The summed E-state index contributed by atoms with van der Waals surface area (Å²) in [6, 6.07) is 7.06. The quantitative estimate of drug-likeness (QED) is 0.625. The lowest BCUT2D eigenvalue weighted by molar-refractivity contribution is 0.0590. The van der Waals surface area contributed by atoms with Gasteiger partial charge in [-0.2, -0.15) is 5.10 Å². The third kappa shape index (κ3) is 2.51. The van der Waals surface area contributed by atoms with E-state index in [1.54, 1.807) is 24.4 Å². The van der Waals surface area contributed by atoms with Gasteiger partial charge >= 0.3 is 5.97 Å². The average molecular weight is 266 g/mol. The van der Waals surface area contributed by atoms with Crippen molar-refractivity contribution in [3.05, 3.63) is 41.9 Å². The second kappa shape index (κ2) is 5.64. The van der Waals surface area contributed by atoms with Crippen LogP contribution in [0.4, 0.5) is 0 Å². The summed E-state index contributed by atoms with van der Waals surface area (Å²) < 4.78 is 6.20. The molecule has 0 fully saturated rings. The number of hydrogen-bond acceptors (Lipinski definition) is 4. The van der Waals surface area contributed by atoms with Crippen LogP contribution in [0.2, 0.25) is 0 Å². The van der Waals surface area contributed by atoms with Crippen LogP contribution in [0.15, 0.2) is 30.5 Å². The van der Waals surface area contributed by atoms with Crippen molar-refractivity contribution < 1.29 is 9.53 Å². The fraction of sp³-hybridized carbons (Fsp3) is 0.250. The van der Waals surface area contributed by atoms with Crippen LogP contribution in [-0.4, -0.2) is 33.7 Å². The Kier molecular flexibility index (Phi) is 3.94. The van der Waals surface area contributed by atoms with E-state index in [0.717, 1.165) is 5.69 Å². The van der Waals surface area contributed by atoms with Crippen LogP contribution in [0, 0.1) is 0 Å². The predicted octanol–water partition coefficient (Wildman–Crippen LogP) is 1.84. The molecule has 0 saturated heterocycles. The molecular weight excluding hydrogens is 254 g/mol. The Bertz CT molecular complexity index is 540. The smallest absolute Gasteiger partial charge is 0.356 e. The van der Waals surface area contributed by atoms with Crippen LogP contribution in [0.25, 0.3) is 5.82 Å². The van der Waals surface area contributed by atoms with Crippen molar-refractivity contribution in [1.82, 2.24) is 14.8 Å². The zero-order valence-electron chi connectivity index (χ0n) is 9.84. The Hall–Kier alpha value is -1.88. The Morgan fingerprint density at radius 1 is 1.50 bits per heavy atom. The van der Waals surface area contributed by atoms with Crippen LogP contribution >= 0.6 is 11.6 Å². The van der Waals surface area contributed by atoms with E-state index >= 15 is 0 Å². The van der Waals surface area contributed by atoms with Gasteiger partial charge < -0.3 is 4.74 Å². The molecule has 2 aromatic heterocycles. The van der Waals surface area contributed by atoms with E-state index in [-0.39, 0.29) is 0 Å². The largest absolute Gasteiger partial charge is 0.464 e. The van der Waals surface area contributed by atoms with Crippen molar-refractivity contribution in [1.29, 1.82) is 0 Å². The summed E-state index contributed by atoms with van der Waals surface area (Å²) >= 11 is 5.68. The molecule has 2 rings (SSSR count). The third-order valence-corrected chi connectivity index (χ3v) is 2.56. The van der Waals surface area contributed by atoms with Gasteiger partial charge in [-0.15, -0.1) is 11.6 Å². The molecule has 0 amide bonds. The average Bonchev–Trinajstić information content (AvgIpc) is 2.83. The number of carbonyl (C=O) groups excluding carboxylic acids is 1. The molecule has 0 aliphatic rings. The summed E-state index contributed by atoms with van der Waals surface area (Å²) in [6.07, 6.45) is 2.23. The standard InChI is InChI=1S/C12H12ClN3O2/c1-18-12(17)10-8-9(5-6-13)15-16(10)11-4-2-3-7-14-11/h2-4,7-8H,5-6H2,1H3. The van der Waals surface area contributed by atoms with Gasteiger partial charge in [0, 0.05) is 18.5 Å². The number of aryl methyl sites for hydroxylation is 1. The highest BCUT2D eigenvalue weighted by Crippen LogP contribution is 2.12. The molecule has 0 N–H and O–H groups in total. The van der Waals surface area contributed by atoms with Crippen molar-refractivity contribution in [3.8, 4) is 5.82 Å². The van der Waals surface area contributed by atoms with E-state index < -0.39 is 5.97 Å². The molecule has 2 heterocycles. The Morgan fingerprint density at radius 3 is 2.94 bits per heavy atom. The lowest BCUT2D eigenvalue weighted by atomic mass is 10.3. The number of methoxy groups -OCH3 is 1. The first-order valence-electron chi connectivity index (χ1n) is 5.41. The molecule has 6 heteroatoms. The van der Waals surface area contributed by atoms with E-state index in [1.807, 2.05) is 6.07 Å². The Morgan fingerprint density at radius 2 is 2.33 bits per heavy atom. The minimum atomic E-state index is -0.450. The summed E-state index contributed by atoms with van der Waals surface area (Å²) in [5, 5.41) is 4.31. The van der Waals surface area contributed by atoms with Gasteiger partial charge in [0.1, 0.15) is 0 Å². The minimum absolute atomic E-state index is 0.344. The maximum Gasteiger partial charge on any atom is 0.356 e. The van der Waals surface area contributed by atoms with Gasteiger partial charge in [0.2, 0.25) is 0 Å². The van der Waals surface area contributed by atoms with Crippen LogP contribution in [0.3, 0.4) is 0 Å². The number of pyridine rings is 1. The van der Waals surface area contributed by atoms with E-state index in [2.05, 4.69) is 10.1 Å². The first kappa shape index (κ1) is 12.6. The minimum Gasteiger partial charge on any atom is -0.464 e. The van der Waals surface area contributed by atoms with Crippen molar-refractivity contribution in [3.63, 3.8) is 0 Å². The van der Waals surface area contributed by atoms with Crippen LogP contribution in [0.1, 0.15) is 16.2 Å². The molecule has 94 valence electrons. The second-order valence-corrected chi connectivity index (χ2v) is 3.93. The number of nitrogens with zero attached hydrogens (tertiary/aromatic N) is 3. The topological polar surface area (TPSA) is 57.0 Å². The molecule has 5 nitrogen and oxygen atoms in total. The van der Waals surface area contributed by atoms with Crippen molar-refractivity contribution in [2.45, 2.75) is 6.42 Å². The van der Waals surface area contributed by atoms with Gasteiger partial charge in [-0.25, -0.2) is 14.5 Å². The van der Waals surface area contributed by atoms with Gasteiger partial charge in [-0.1, -0.05) is 6.07 Å². The van der Waals surface area contributed by atoms with Crippen molar-refractivity contribution >= 4 is 17.6 Å². The monoisotopic (exact) mass is 265 g/mol. The Labute approximate surface area is 109 Å². The molecule has 0 saturated carbocycles. The molecular formula is C12H12ClN3O2. The molecule has 0 atom stereocenters. The van der Waals surface area contributed by atoms with Gasteiger partial charge in [-0.3, -0.25) is 0 Å². The molecule has 0 unspecified atom stereocenters. The highest BCUT2D eigenvalue weighted by Gasteiger charge is 2.17. The number of rotatable bonds is 4. The zero-order chi connectivity index (χ0) is 13.0. The normalized spacial score (nSPS) is 10.3. The SMILES string of the molecule is COC(=O)c1cc(CCCl)nn1-c1ccccn1. The number of hydrogen-bond donors (Lipinski definition) is 0. The van der Waals surface area contributed by atoms with Gasteiger partial charge in [0.15, 0.2) is 11.5 Å². The molecule has 0 aliphatic carbocycles. The van der Waals surface area contributed by atoms with Gasteiger partial charge in [-0.05, 0) is 18.2 Å². The highest BCUT2D eigenvalue weighted by molar-refractivity contribution is 6.17. The maximum absolute atomic E-state index is 11.7. The predicted molar refractivity (Wildman–Crippen MR) is 67.1 cm³/mol. The van der Waals surface area contributed by atoms with Crippen molar-refractivity contribution in [2.75, 3.05) is 13.0 Å². The van der Waals surface area contributed by atoms with Gasteiger partial charge in [0.05, 0.1) is 12.8 Å². The number of halogens is 1. The number of alkyl halides is 1. The van der Waals surface area contributed by atoms with Crippen LogP contribution in [-0.2, 0) is 11.2 Å². The first-order valence-corrected chi connectivity index (χ1v) is 5.94. The van der Waals surface area contributed by atoms with Gasteiger partial charge in [0.25, 0.3) is 0 Å². The molecule has 18 heavy (non-hydrogen) atoms. The number of carbonyl (C=O) groups is 1. The highest BCUT2D eigenvalue weighted by atomic mass is 35.5. The van der Waals surface area contributed by atoms with E-state index in [1.165, 1.54) is 11.8 Å². The van der Waals surface area contributed by atoms with Crippen LogP contribution < -0.4 is 0 Å². The fourth-order valence-corrected chi connectivity index (χ4v) is 1.75. The third-order valence-electron chi connectivity index (χ3n) is 2.37. The lowest BCUT2D eigenvalue weighted by Gasteiger charge is -2.03. The number of aromatic nitrogens is 3. The molecule has 0 bridgehead atoms. The molecule has 0 spiro atoms. The Balaban J connectivity index is 2.47.